The number of hydrogen-bond donors (Lipinski definition) is 0. The largest absolute Gasteiger partial charge is 0.273 e. The van der Waals surface area contributed by atoms with E-state index in [1.807, 2.05) is 12.2 Å². The Balaban J connectivity index is 0.000000293. The summed E-state index contributed by atoms with van der Waals surface area (Å²) in [5.74, 6) is 0. The predicted octanol–water partition coefficient (Wildman–Crippen LogP) is 12.6. The van der Waals surface area contributed by atoms with Crippen LogP contribution in [0.25, 0.3) is 11.1 Å². The molecule has 50 heavy (non-hydrogen) atoms. The normalized spacial score (nSPS) is 13.1. The van der Waals surface area contributed by atoms with Gasteiger partial charge in [-0.15, -0.1) is 36.8 Å². The van der Waals surface area contributed by atoms with E-state index in [4.69, 9.17) is 0 Å². The molecule has 0 nitrogen and oxygen atoms in total. The van der Waals surface area contributed by atoms with Crippen LogP contribution in [-0.2, 0) is 53.5 Å². The average Bonchev–Trinajstić information content (AvgIpc) is 3.71. The van der Waals surface area contributed by atoms with E-state index in [-0.39, 0.29) is 35.6 Å². The van der Waals surface area contributed by atoms with Crippen molar-refractivity contribution >= 4 is 28.1 Å². The summed E-state index contributed by atoms with van der Waals surface area (Å²) >= 11 is 0.316. The predicted molar refractivity (Wildman–Crippen MR) is 193 cm³/mol. The molecule has 6 rings (SSSR count). The molecule has 0 saturated heterocycles. The van der Waals surface area contributed by atoms with Gasteiger partial charge in [-0.2, -0.15) is 35.4 Å². The quantitative estimate of drug-likeness (QED) is 0.0941. The Morgan fingerprint density at radius 1 is 0.640 bits per heavy atom. The third-order valence-electron chi connectivity index (χ3n) is 8.07. The van der Waals surface area contributed by atoms with Crippen LogP contribution in [0.5, 0.6) is 0 Å². The summed E-state index contributed by atoms with van der Waals surface area (Å²) in [5.41, 5.74) is 7.72. The van der Waals surface area contributed by atoms with Crippen LogP contribution in [0.15, 0.2) is 97.1 Å². The van der Waals surface area contributed by atoms with Gasteiger partial charge in [0.05, 0.1) is 0 Å². The van der Waals surface area contributed by atoms with Crippen molar-refractivity contribution in [2.75, 3.05) is 0 Å². The second-order valence-corrected chi connectivity index (χ2v) is 15.7. The van der Waals surface area contributed by atoms with Crippen LogP contribution in [0.3, 0.4) is 0 Å². The van der Waals surface area contributed by atoms with Crippen LogP contribution in [-0.4, -0.2) is 3.26 Å². The Hall–Kier alpha value is -2.74. The van der Waals surface area contributed by atoms with Gasteiger partial charge in [-0.1, -0.05) is 76.3 Å². The molecule has 0 N–H and O–H groups in total. The molecule has 2 aliphatic rings. The molecule has 0 fully saturated rings. The van der Waals surface area contributed by atoms with E-state index in [2.05, 4.69) is 90.1 Å². The number of hydrogen-bond acceptors (Lipinski definition) is 0. The van der Waals surface area contributed by atoms with Gasteiger partial charge in [0, 0.05) is 0 Å². The van der Waals surface area contributed by atoms with E-state index in [9.17, 15) is 26.3 Å². The minimum absolute atomic E-state index is 0. The molecule has 0 bridgehead atoms. The minimum atomic E-state index is -4.48. The van der Waals surface area contributed by atoms with Gasteiger partial charge in [-0.3, -0.25) is 6.08 Å². The van der Waals surface area contributed by atoms with Crippen LogP contribution < -0.4 is 0 Å². The van der Waals surface area contributed by atoms with Crippen LogP contribution in [0, 0.1) is 12.1 Å². The van der Waals surface area contributed by atoms with Gasteiger partial charge < -0.3 is 0 Å². The third-order valence-corrected chi connectivity index (χ3v) is 10.1. The monoisotopic (exact) mass is 896 g/mol. The molecule has 0 atom stereocenters. The van der Waals surface area contributed by atoms with Crippen molar-refractivity contribution in [2.45, 2.75) is 77.6 Å². The van der Waals surface area contributed by atoms with Crippen molar-refractivity contribution < 1.29 is 50.2 Å². The van der Waals surface area contributed by atoms with Gasteiger partial charge >= 0.3 is 137 Å². The third kappa shape index (κ3) is 11.4. The Morgan fingerprint density at radius 3 is 1.58 bits per heavy atom. The van der Waals surface area contributed by atoms with Gasteiger partial charge in [0.25, 0.3) is 0 Å². The number of allylic oxidation sites excluding steroid dienone is 4. The summed E-state index contributed by atoms with van der Waals surface area (Å²) in [6.45, 7) is 13.6. The first-order valence-corrected chi connectivity index (χ1v) is 17.4. The van der Waals surface area contributed by atoms with E-state index in [0.29, 0.717) is 38.3 Å². The summed E-state index contributed by atoms with van der Waals surface area (Å²) in [5, 5.41) is 0. The fourth-order valence-corrected chi connectivity index (χ4v) is 6.31. The average molecular weight is 896 g/mol. The molecule has 0 aromatic heterocycles. The molecule has 0 radical (unpaired) electrons. The smallest absolute Gasteiger partial charge is 0.109 e. The van der Waals surface area contributed by atoms with Crippen molar-refractivity contribution in [1.82, 2.24) is 0 Å². The number of halogens is 8. The fourth-order valence-electron chi connectivity index (χ4n) is 5.19. The van der Waals surface area contributed by atoms with Gasteiger partial charge in [-0.05, 0) is 17.4 Å². The molecule has 2 aliphatic carbocycles. The van der Waals surface area contributed by atoms with Crippen molar-refractivity contribution in [3.63, 3.8) is 0 Å². The maximum atomic E-state index is 12.7. The molecule has 0 amide bonds. The van der Waals surface area contributed by atoms with Crippen LogP contribution in [0.1, 0.15) is 92.5 Å². The van der Waals surface area contributed by atoms with Crippen molar-refractivity contribution in [2.24, 2.45) is 0 Å². The van der Waals surface area contributed by atoms with E-state index < -0.39 is 23.5 Å². The molecule has 0 saturated carbocycles. The first-order valence-electron chi connectivity index (χ1n) is 15.6. The van der Waals surface area contributed by atoms with Crippen molar-refractivity contribution in [3.05, 3.63) is 154 Å². The zero-order chi connectivity index (χ0) is 35.5. The van der Waals surface area contributed by atoms with Gasteiger partial charge in [0.2, 0.25) is 0 Å². The van der Waals surface area contributed by atoms with Crippen LogP contribution in [0.4, 0.5) is 26.3 Å². The number of rotatable bonds is 2. The van der Waals surface area contributed by atoms with Crippen LogP contribution >= 0.6 is 24.8 Å². The van der Waals surface area contributed by atoms with E-state index in [1.54, 1.807) is 0 Å². The molecular formula is C41H40Cl2F6Hf. The van der Waals surface area contributed by atoms with Gasteiger partial charge in [0.1, 0.15) is 0 Å². The maximum Gasteiger partial charge on any atom is -0.109 e. The van der Waals surface area contributed by atoms with E-state index >= 15 is 0 Å². The van der Waals surface area contributed by atoms with E-state index in [1.165, 1.54) is 57.6 Å². The molecule has 0 unspecified atom stereocenters. The molecule has 0 aliphatic heterocycles. The molecule has 4 aromatic carbocycles. The van der Waals surface area contributed by atoms with Gasteiger partial charge in [0.15, 0.2) is 0 Å². The van der Waals surface area contributed by atoms with E-state index in [0.717, 1.165) is 37.1 Å². The first kappa shape index (κ1) is 43.4. The molecule has 264 valence electrons. The molecule has 4 aromatic rings. The summed E-state index contributed by atoms with van der Waals surface area (Å²) in [6, 6.07) is 24.3. The second-order valence-electron chi connectivity index (χ2n) is 13.9. The number of alkyl halides is 6. The zero-order valence-electron chi connectivity index (χ0n) is 28.7. The summed E-state index contributed by atoms with van der Waals surface area (Å²) in [6.07, 6.45) is 2.07. The summed E-state index contributed by atoms with van der Waals surface area (Å²) < 4.78 is 76.7. The Bertz CT molecular complexity index is 1710. The zero-order valence-corrected chi connectivity index (χ0v) is 34.0. The first-order chi connectivity index (χ1) is 22.2. The maximum absolute atomic E-state index is 12.7. The molecule has 9 heteroatoms. The minimum Gasteiger partial charge on any atom is -0.273 e. The Kier molecular flexibility index (Phi) is 14.9. The molecule has 0 spiro atoms. The van der Waals surface area contributed by atoms with Crippen molar-refractivity contribution in [1.29, 1.82) is 0 Å². The van der Waals surface area contributed by atoms with Gasteiger partial charge in [-0.25, -0.2) is 12.2 Å². The van der Waals surface area contributed by atoms with Crippen LogP contribution in [0.2, 0.25) is 0 Å². The molecule has 0 heterocycles. The second kappa shape index (κ2) is 17.2. The Morgan fingerprint density at radius 2 is 1.16 bits per heavy atom. The summed E-state index contributed by atoms with van der Waals surface area (Å²) in [4.78, 5) is 0. The standard InChI is InChI=1S/C21H25.C15H8F6.C5H5.2ClH.Hf/c1-20(2,3)16-9-7-14-11-15-8-10-17(21(4,5)6)13-19(15)18(14)12-16;16-14(17,18)12-5-1-3-10(8-12)7-11-4-2-6-13(9-11)15(19,20)21;1-2-4-5-3-1;;;/h7,9-10,12-13H,11H2,1-6H3;1-6,8-9H;1-3H,4H2;2*1H;/q-1;;-1;;;+2. The topological polar surface area (TPSA) is 0 Å². The van der Waals surface area contributed by atoms with Crippen molar-refractivity contribution in [3.8, 4) is 11.1 Å². The number of fused-ring (bicyclic) bond motifs is 3. The summed E-state index contributed by atoms with van der Waals surface area (Å²) in [7, 11) is 0. The Labute approximate surface area is 319 Å². The number of benzene rings is 4. The molecular weight excluding hydrogens is 856 g/mol. The fraction of sp³-hybridized carbons (Fsp3) is 0.293. The SMILES string of the molecule is CC(C)(C)c1c[c-]c2c(c1)-c1cc(C(C)(C)C)ccc1C2.Cl.Cl.FC(F)(F)c1cccc([C](=[Hf+2])c2cccc(C(F)(F)F)c2)c1.[C-]1=CC=CC1.